The largest absolute Gasteiger partial charge is 0.370 e. The Balaban J connectivity index is 0.00000320. The van der Waals surface area contributed by atoms with E-state index < -0.39 is 0 Å². The number of piperazine rings is 1. The number of unbranched alkanes of at least 4 members (excludes halogenated alkanes) is 1. The minimum absolute atomic E-state index is 0. The molecule has 2 aromatic rings. The summed E-state index contributed by atoms with van der Waals surface area (Å²) in [4.78, 5) is 9.60. The van der Waals surface area contributed by atoms with Crippen molar-refractivity contribution >= 4 is 35.6 Å². The lowest BCUT2D eigenvalue weighted by atomic mass is 10.1. The van der Waals surface area contributed by atoms with E-state index in [1.165, 1.54) is 23.1 Å². The van der Waals surface area contributed by atoms with Gasteiger partial charge in [-0.2, -0.15) is 0 Å². The van der Waals surface area contributed by atoms with Crippen LogP contribution in [0.5, 0.6) is 0 Å². The molecule has 0 spiro atoms. The average Bonchev–Trinajstić information content (AvgIpc) is 2.69. The number of nitrogens with one attached hydrogen (secondary N) is 1. The molecule has 0 unspecified atom stereocenters. The zero-order valence-electron chi connectivity index (χ0n) is 18.3. The smallest absolute Gasteiger partial charge is 0.193 e. The molecule has 1 heterocycles. The normalized spacial score (nSPS) is 15.6. The van der Waals surface area contributed by atoms with E-state index in [-0.39, 0.29) is 24.0 Å². The van der Waals surface area contributed by atoms with Crippen LogP contribution in [-0.2, 0) is 6.54 Å². The van der Waals surface area contributed by atoms with Gasteiger partial charge < -0.3 is 16.0 Å². The Hall–Kier alpha value is -1.64. The molecule has 0 amide bonds. The monoisotopic (exact) mass is 521 g/mol. The number of anilines is 1. The summed E-state index contributed by atoms with van der Waals surface area (Å²) in [6, 6.07) is 17.1. The third kappa shape index (κ3) is 8.62. The van der Waals surface area contributed by atoms with Gasteiger partial charge in [0.05, 0.1) is 0 Å². The summed E-state index contributed by atoms with van der Waals surface area (Å²) in [7, 11) is 0. The first-order valence-electron chi connectivity index (χ1n) is 10.7. The van der Waals surface area contributed by atoms with Gasteiger partial charge >= 0.3 is 0 Å². The Bertz CT molecular complexity index is 765. The number of halogens is 1. The molecule has 0 radical (unpaired) electrons. The second kappa shape index (κ2) is 12.9. The van der Waals surface area contributed by atoms with E-state index in [0.717, 1.165) is 57.9 Å². The van der Waals surface area contributed by atoms with Crippen LogP contribution in [0.3, 0.4) is 0 Å². The first kappa shape index (κ1) is 24.6. The summed E-state index contributed by atoms with van der Waals surface area (Å²) in [5.74, 6) is 0.504. The second-order valence-corrected chi connectivity index (χ2v) is 8.08. The molecule has 3 rings (SSSR count). The van der Waals surface area contributed by atoms with Gasteiger partial charge in [-0.3, -0.25) is 9.89 Å². The molecule has 3 N–H and O–H groups in total. The molecular weight excluding hydrogens is 485 g/mol. The van der Waals surface area contributed by atoms with E-state index in [1.54, 1.807) is 0 Å². The van der Waals surface area contributed by atoms with Crippen molar-refractivity contribution in [1.82, 2.24) is 9.80 Å². The molecule has 0 aromatic heterocycles. The molecule has 0 bridgehead atoms. The van der Waals surface area contributed by atoms with Crippen molar-refractivity contribution in [3.63, 3.8) is 0 Å². The SMILES string of the molecule is Cc1cc(C)cc(NC(N)=NCCCCN2CCN(Cc3ccccc3)CC2)c1.I. The van der Waals surface area contributed by atoms with Crippen LogP contribution in [-0.4, -0.2) is 55.0 Å². The number of rotatable bonds is 8. The Labute approximate surface area is 198 Å². The minimum atomic E-state index is 0. The van der Waals surface area contributed by atoms with Gasteiger partial charge in [-0.15, -0.1) is 24.0 Å². The summed E-state index contributed by atoms with van der Waals surface area (Å²) in [5.41, 5.74) is 10.9. The van der Waals surface area contributed by atoms with Crippen LogP contribution in [0.25, 0.3) is 0 Å². The van der Waals surface area contributed by atoms with E-state index in [2.05, 4.69) is 82.5 Å². The zero-order chi connectivity index (χ0) is 20.5. The summed E-state index contributed by atoms with van der Waals surface area (Å²) >= 11 is 0. The molecule has 5 nitrogen and oxygen atoms in total. The van der Waals surface area contributed by atoms with E-state index in [9.17, 15) is 0 Å². The first-order chi connectivity index (χ1) is 14.1. The highest BCUT2D eigenvalue weighted by Gasteiger charge is 2.16. The van der Waals surface area contributed by atoms with Crippen LogP contribution < -0.4 is 11.1 Å². The Kier molecular flexibility index (Phi) is 10.6. The van der Waals surface area contributed by atoms with Gasteiger partial charge in [-0.05, 0) is 62.1 Å². The van der Waals surface area contributed by atoms with Crippen molar-refractivity contribution in [1.29, 1.82) is 0 Å². The number of hydrogen-bond donors (Lipinski definition) is 2. The van der Waals surface area contributed by atoms with Gasteiger partial charge in [0.1, 0.15) is 0 Å². The lowest BCUT2D eigenvalue weighted by molar-refractivity contribution is 0.126. The number of nitrogens with zero attached hydrogens (tertiary/aromatic N) is 3. The highest BCUT2D eigenvalue weighted by Crippen LogP contribution is 2.13. The first-order valence-corrected chi connectivity index (χ1v) is 10.7. The van der Waals surface area contributed by atoms with Crippen LogP contribution in [0.15, 0.2) is 53.5 Å². The highest BCUT2D eigenvalue weighted by molar-refractivity contribution is 14.0. The fraction of sp³-hybridized carbons (Fsp3) is 0.458. The highest BCUT2D eigenvalue weighted by atomic mass is 127. The van der Waals surface area contributed by atoms with Crippen LogP contribution >= 0.6 is 24.0 Å². The molecule has 6 heteroatoms. The fourth-order valence-corrected chi connectivity index (χ4v) is 3.89. The Morgan fingerprint density at radius 1 is 0.933 bits per heavy atom. The summed E-state index contributed by atoms with van der Waals surface area (Å²) in [6.07, 6.45) is 2.23. The molecule has 164 valence electrons. The van der Waals surface area contributed by atoms with Crippen molar-refractivity contribution in [3.05, 3.63) is 65.2 Å². The number of guanidine groups is 1. The van der Waals surface area contributed by atoms with Gasteiger partial charge in [0.2, 0.25) is 0 Å². The lowest BCUT2D eigenvalue weighted by Crippen LogP contribution is -2.46. The van der Waals surface area contributed by atoms with Crippen molar-refractivity contribution < 1.29 is 0 Å². The maximum Gasteiger partial charge on any atom is 0.193 e. The van der Waals surface area contributed by atoms with Crippen LogP contribution in [0, 0.1) is 13.8 Å². The van der Waals surface area contributed by atoms with Gasteiger partial charge in [0, 0.05) is 45.0 Å². The number of nitrogens with two attached hydrogens (primary N) is 1. The molecule has 2 aromatic carbocycles. The van der Waals surface area contributed by atoms with Crippen LogP contribution in [0.4, 0.5) is 5.69 Å². The van der Waals surface area contributed by atoms with Crippen molar-refractivity contribution in [2.45, 2.75) is 33.2 Å². The molecule has 30 heavy (non-hydrogen) atoms. The third-order valence-corrected chi connectivity index (χ3v) is 5.37. The predicted octanol–water partition coefficient (Wildman–Crippen LogP) is 4.25. The molecule has 1 saturated heterocycles. The molecule has 1 fully saturated rings. The summed E-state index contributed by atoms with van der Waals surface area (Å²) in [5, 5.41) is 3.20. The molecule has 0 saturated carbocycles. The average molecular weight is 521 g/mol. The standard InChI is InChI=1S/C24H35N5.HI/c1-20-16-21(2)18-23(17-20)27-24(25)26-10-6-7-11-28-12-14-29(15-13-28)19-22-8-4-3-5-9-22;/h3-5,8-9,16-18H,6-7,10-15,19H2,1-2H3,(H3,25,26,27);1H. The molecular formula is C24H36IN5. The number of benzene rings is 2. The number of aliphatic imine (C=N–C) groups is 1. The molecule has 1 aliphatic rings. The van der Waals surface area contributed by atoms with Crippen molar-refractivity contribution in [2.24, 2.45) is 10.7 Å². The van der Waals surface area contributed by atoms with Crippen LogP contribution in [0.2, 0.25) is 0 Å². The van der Waals surface area contributed by atoms with E-state index in [1.807, 2.05) is 0 Å². The van der Waals surface area contributed by atoms with Crippen molar-refractivity contribution in [3.8, 4) is 0 Å². The van der Waals surface area contributed by atoms with Gasteiger partial charge in [-0.1, -0.05) is 36.4 Å². The van der Waals surface area contributed by atoms with Gasteiger partial charge in [0.15, 0.2) is 5.96 Å². The van der Waals surface area contributed by atoms with E-state index in [0.29, 0.717) is 5.96 Å². The maximum atomic E-state index is 6.03. The third-order valence-electron chi connectivity index (χ3n) is 5.37. The fourth-order valence-electron chi connectivity index (χ4n) is 3.89. The second-order valence-electron chi connectivity index (χ2n) is 8.08. The minimum Gasteiger partial charge on any atom is -0.370 e. The summed E-state index contributed by atoms with van der Waals surface area (Å²) in [6.45, 7) is 11.8. The zero-order valence-corrected chi connectivity index (χ0v) is 20.6. The van der Waals surface area contributed by atoms with Crippen LogP contribution in [0.1, 0.15) is 29.5 Å². The predicted molar refractivity (Wildman–Crippen MR) is 139 cm³/mol. The van der Waals surface area contributed by atoms with Gasteiger partial charge in [0.25, 0.3) is 0 Å². The quantitative estimate of drug-likeness (QED) is 0.236. The molecule has 1 aliphatic heterocycles. The summed E-state index contributed by atoms with van der Waals surface area (Å²) < 4.78 is 0. The number of aryl methyl sites for hydroxylation is 2. The van der Waals surface area contributed by atoms with E-state index in [4.69, 9.17) is 5.73 Å². The molecule has 0 aliphatic carbocycles. The topological polar surface area (TPSA) is 56.9 Å². The lowest BCUT2D eigenvalue weighted by Gasteiger charge is -2.34. The molecule has 0 atom stereocenters. The van der Waals surface area contributed by atoms with Crippen molar-refractivity contribution in [2.75, 3.05) is 44.6 Å². The van der Waals surface area contributed by atoms with Gasteiger partial charge in [-0.25, -0.2) is 0 Å². The van der Waals surface area contributed by atoms with E-state index >= 15 is 0 Å². The Morgan fingerprint density at radius 3 is 2.23 bits per heavy atom. The maximum absolute atomic E-state index is 6.03. The number of hydrogen-bond acceptors (Lipinski definition) is 3. The Morgan fingerprint density at radius 2 is 1.57 bits per heavy atom.